The first-order chi connectivity index (χ1) is 8.70. The van der Waals surface area contributed by atoms with Crippen LogP contribution in [0.3, 0.4) is 0 Å². The lowest BCUT2D eigenvalue weighted by Gasteiger charge is -2.27. The molecule has 2 heterocycles. The highest BCUT2D eigenvalue weighted by molar-refractivity contribution is 7.80. The summed E-state index contributed by atoms with van der Waals surface area (Å²) in [7, 11) is 0. The van der Waals surface area contributed by atoms with Gasteiger partial charge in [-0.2, -0.15) is 5.26 Å². The van der Waals surface area contributed by atoms with Crippen molar-refractivity contribution in [3.8, 4) is 6.07 Å². The quantitative estimate of drug-likeness (QED) is 0.519. The predicted molar refractivity (Wildman–Crippen MR) is 77.7 cm³/mol. The summed E-state index contributed by atoms with van der Waals surface area (Å²) in [6.07, 6.45) is 1.73. The van der Waals surface area contributed by atoms with Gasteiger partial charge in [0.15, 0.2) is 0 Å². The number of ether oxygens (including phenoxy) is 1. The molecule has 0 radical (unpaired) electrons. The topological polar surface area (TPSA) is 62.3 Å². The maximum Gasteiger partial charge on any atom is 0.114 e. The summed E-state index contributed by atoms with van der Waals surface area (Å²) in [5.41, 5.74) is 5.81. The summed E-state index contributed by atoms with van der Waals surface area (Å²) < 4.78 is 5.32. The highest BCUT2D eigenvalue weighted by Gasteiger charge is 2.13. The van der Waals surface area contributed by atoms with E-state index in [4.69, 9.17) is 28.0 Å². The lowest BCUT2D eigenvalue weighted by Crippen LogP contribution is -2.35. The van der Waals surface area contributed by atoms with Crippen LogP contribution in [0.2, 0.25) is 0 Å². The number of rotatable bonds is 3. The van der Waals surface area contributed by atoms with Gasteiger partial charge in [-0.25, -0.2) is 0 Å². The summed E-state index contributed by atoms with van der Waals surface area (Å²) in [6, 6.07) is 6.04. The van der Waals surface area contributed by atoms with Crippen molar-refractivity contribution in [3.05, 3.63) is 22.6 Å². The molecule has 1 fully saturated rings. The second kappa shape index (κ2) is 5.96. The minimum absolute atomic E-state index is 0.138. The molecule has 6 heteroatoms. The van der Waals surface area contributed by atoms with Crippen molar-refractivity contribution in [3.63, 3.8) is 0 Å². The van der Waals surface area contributed by atoms with E-state index in [9.17, 15) is 0 Å². The maximum absolute atomic E-state index is 8.91. The van der Waals surface area contributed by atoms with Gasteiger partial charge in [-0.1, -0.05) is 12.2 Å². The van der Waals surface area contributed by atoms with Gasteiger partial charge in [0.05, 0.1) is 23.8 Å². The Labute approximate surface area is 115 Å². The Kier molecular flexibility index (Phi) is 4.31. The minimum Gasteiger partial charge on any atom is -0.389 e. The number of anilines is 1. The third-order valence-electron chi connectivity index (χ3n) is 2.61. The van der Waals surface area contributed by atoms with Crippen molar-refractivity contribution in [2.75, 3.05) is 31.2 Å². The van der Waals surface area contributed by atoms with Crippen LogP contribution < -0.4 is 10.6 Å². The van der Waals surface area contributed by atoms with Gasteiger partial charge in [0.25, 0.3) is 0 Å². The molecule has 94 valence electrons. The molecule has 0 aliphatic carbocycles. The van der Waals surface area contributed by atoms with Crippen LogP contribution in [-0.2, 0) is 4.74 Å². The summed E-state index contributed by atoms with van der Waals surface area (Å²) in [5, 5.41) is 10.1. The molecular formula is C12H13N3OS2. The number of thiophene rings is 1. The average Bonchev–Trinajstić information content (AvgIpc) is 2.85. The highest BCUT2D eigenvalue weighted by Crippen LogP contribution is 2.28. The molecule has 0 spiro atoms. The second-order valence-corrected chi connectivity index (χ2v) is 5.34. The average molecular weight is 279 g/mol. The van der Waals surface area contributed by atoms with Gasteiger partial charge in [-0.05, 0) is 18.2 Å². The Morgan fingerprint density at radius 2 is 2.22 bits per heavy atom. The minimum atomic E-state index is 0.138. The van der Waals surface area contributed by atoms with Crippen LogP contribution in [-0.4, -0.2) is 31.3 Å². The second-order valence-electron chi connectivity index (χ2n) is 3.81. The fraction of sp³-hybridized carbons (Fsp3) is 0.333. The Morgan fingerprint density at radius 3 is 2.83 bits per heavy atom. The van der Waals surface area contributed by atoms with Gasteiger partial charge in [0.2, 0.25) is 0 Å². The Hall–Kier alpha value is -1.42. The van der Waals surface area contributed by atoms with E-state index >= 15 is 0 Å². The highest BCUT2D eigenvalue weighted by atomic mass is 32.1. The fourth-order valence-electron chi connectivity index (χ4n) is 1.67. The molecule has 1 aliphatic heterocycles. The van der Waals surface area contributed by atoms with Crippen LogP contribution in [0.15, 0.2) is 17.7 Å². The molecule has 0 atom stereocenters. The van der Waals surface area contributed by atoms with E-state index in [-0.39, 0.29) is 4.99 Å². The molecule has 18 heavy (non-hydrogen) atoms. The van der Waals surface area contributed by atoms with Crippen molar-refractivity contribution >= 4 is 39.6 Å². The van der Waals surface area contributed by atoms with Crippen molar-refractivity contribution in [1.29, 1.82) is 5.26 Å². The normalized spacial score (nSPS) is 16.4. The molecule has 1 aromatic rings. The summed E-state index contributed by atoms with van der Waals surface area (Å²) in [5.74, 6) is 0. The summed E-state index contributed by atoms with van der Waals surface area (Å²) in [4.78, 5) is 3.40. The largest absolute Gasteiger partial charge is 0.389 e. The first-order valence-electron chi connectivity index (χ1n) is 5.55. The van der Waals surface area contributed by atoms with Gasteiger partial charge < -0.3 is 15.4 Å². The zero-order valence-electron chi connectivity index (χ0n) is 9.76. The molecule has 0 amide bonds. The number of nitrogens with two attached hydrogens (primary N) is 1. The van der Waals surface area contributed by atoms with Crippen LogP contribution in [0.25, 0.3) is 6.08 Å². The third-order valence-corrected chi connectivity index (χ3v) is 3.92. The fourth-order valence-corrected chi connectivity index (χ4v) is 2.78. The predicted octanol–water partition coefficient (Wildman–Crippen LogP) is 1.78. The van der Waals surface area contributed by atoms with Gasteiger partial charge >= 0.3 is 0 Å². The summed E-state index contributed by atoms with van der Waals surface area (Å²) in [6.45, 7) is 3.34. The molecule has 1 saturated heterocycles. The molecule has 0 saturated carbocycles. The molecule has 4 nitrogen and oxygen atoms in total. The smallest absolute Gasteiger partial charge is 0.114 e. The molecule has 0 unspecified atom stereocenters. The van der Waals surface area contributed by atoms with Gasteiger partial charge in [0, 0.05) is 18.0 Å². The molecular weight excluding hydrogens is 266 g/mol. The van der Waals surface area contributed by atoms with Crippen molar-refractivity contribution in [1.82, 2.24) is 0 Å². The van der Waals surface area contributed by atoms with E-state index in [1.165, 1.54) is 5.00 Å². The molecule has 0 aromatic carbocycles. The number of hydrogen-bond donors (Lipinski definition) is 1. The molecule has 2 N–H and O–H groups in total. The number of nitriles is 1. The SMILES string of the molecule is N#C/C(=C\c1ccc(N2CCOCC2)s1)C(N)=S. The first kappa shape index (κ1) is 13.0. The van der Waals surface area contributed by atoms with E-state index in [1.807, 2.05) is 12.1 Å². The van der Waals surface area contributed by atoms with E-state index in [0.29, 0.717) is 5.57 Å². The van der Waals surface area contributed by atoms with Crippen molar-refractivity contribution in [2.45, 2.75) is 0 Å². The number of hydrogen-bond acceptors (Lipinski definition) is 5. The Morgan fingerprint density at radius 1 is 1.50 bits per heavy atom. The van der Waals surface area contributed by atoms with Gasteiger partial charge in [-0.15, -0.1) is 11.3 Å². The van der Waals surface area contributed by atoms with Crippen LogP contribution in [0.4, 0.5) is 5.00 Å². The Bertz CT molecular complexity index is 510. The zero-order chi connectivity index (χ0) is 13.0. The van der Waals surface area contributed by atoms with Crippen LogP contribution >= 0.6 is 23.6 Å². The molecule has 0 bridgehead atoms. The zero-order valence-corrected chi connectivity index (χ0v) is 11.4. The number of morpholine rings is 1. The monoisotopic (exact) mass is 279 g/mol. The standard InChI is InChI=1S/C12H13N3OS2/c13-8-9(12(14)17)7-10-1-2-11(18-10)15-3-5-16-6-4-15/h1-2,7H,3-6H2,(H2,14,17)/b9-7+. The van der Waals surface area contributed by atoms with Crippen LogP contribution in [0.5, 0.6) is 0 Å². The molecule has 1 aliphatic rings. The number of nitrogens with zero attached hydrogens (tertiary/aromatic N) is 2. The van der Waals surface area contributed by atoms with Crippen molar-refractivity contribution < 1.29 is 4.74 Å². The lowest BCUT2D eigenvalue weighted by molar-refractivity contribution is 0.123. The Balaban J connectivity index is 2.15. The van der Waals surface area contributed by atoms with E-state index in [0.717, 1.165) is 31.2 Å². The van der Waals surface area contributed by atoms with E-state index < -0.39 is 0 Å². The first-order valence-corrected chi connectivity index (χ1v) is 6.77. The molecule has 2 rings (SSSR count). The van der Waals surface area contributed by atoms with Crippen molar-refractivity contribution in [2.24, 2.45) is 5.73 Å². The summed E-state index contributed by atoms with van der Waals surface area (Å²) >= 11 is 6.44. The van der Waals surface area contributed by atoms with Gasteiger partial charge in [0.1, 0.15) is 11.1 Å². The van der Waals surface area contributed by atoms with E-state index in [2.05, 4.69) is 11.0 Å². The molecule has 1 aromatic heterocycles. The number of thiocarbonyl (C=S) groups is 1. The maximum atomic E-state index is 8.91. The van der Waals surface area contributed by atoms with Gasteiger partial charge in [-0.3, -0.25) is 0 Å². The van der Waals surface area contributed by atoms with Crippen LogP contribution in [0, 0.1) is 11.3 Å². The lowest BCUT2D eigenvalue weighted by atomic mass is 10.2. The van der Waals surface area contributed by atoms with Crippen LogP contribution in [0.1, 0.15) is 4.88 Å². The van der Waals surface area contributed by atoms with E-state index in [1.54, 1.807) is 17.4 Å². The third kappa shape index (κ3) is 3.07.